The molecule has 4 nitrogen and oxygen atoms in total. The minimum Gasteiger partial charge on any atom is -0.455 e. The molecule has 138 valence electrons. The highest BCUT2D eigenvalue weighted by atomic mass is 32.2. The standard InChI is InChI=1S/C17H14F3NO3S2/c18-17(19,20)11-2-1-10-7-21-14-6-13(26(22,23)9-12-8-25-12)3-4-15(14)24-16(10)5-11/h1-6,12,21H,7-9H2. The van der Waals surface area contributed by atoms with Gasteiger partial charge < -0.3 is 10.1 Å². The van der Waals surface area contributed by atoms with Crippen LogP contribution in [0.4, 0.5) is 18.9 Å². The summed E-state index contributed by atoms with van der Waals surface area (Å²) in [6.45, 7) is 0.239. The molecule has 1 saturated heterocycles. The zero-order valence-corrected chi connectivity index (χ0v) is 15.0. The molecule has 2 aromatic rings. The second-order valence-corrected chi connectivity index (χ2v) is 9.54. The first-order valence-electron chi connectivity index (χ1n) is 7.83. The molecule has 0 aromatic heterocycles. The van der Waals surface area contributed by atoms with Crippen molar-refractivity contribution in [1.29, 1.82) is 0 Å². The van der Waals surface area contributed by atoms with Gasteiger partial charge in [0.2, 0.25) is 0 Å². The van der Waals surface area contributed by atoms with Gasteiger partial charge in [0, 0.05) is 23.1 Å². The molecule has 2 aromatic carbocycles. The lowest BCUT2D eigenvalue weighted by molar-refractivity contribution is -0.137. The lowest BCUT2D eigenvalue weighted by Crippen LogP contribution is -2.11. The summed E-state index contributed by atoms with van der Waals surface area (Å²) < 4.78 is 69.2. The SMILES string of the molecule is O=S(=O)(CC1CS1)c1ccc2c(c1)NCc1ccc(C(F)(F)F)cc1O2. The van der Waals surface area contributed by atoms with Gasteiger partial charge in [-0.2, -0.15) is 24.9 Å². The summed E-state index contributed by atoms with van der Waals surface area (Å²) in [6, 6.07) is 7.71. The number of alkyl halides is 3. The topological polar surface area (TPSA) is 55.4 Å². The predicted molar refractivity (Wildman–Crippen MR) is 93.6 cm³/mol. The number of ether oxygens (including phenoxy) is 1. The van der Waals surface area contributed by atoms with Crippen LogP contribution in [0.5, 0.6) is 11.5 Å². The molecular weight excluding hydrogens is 387 g/mol. The quantitative estimate of drug-likeness (QED) is 0.777. The predicted octanol–water partition coefficient (Wildman–Crippen LogP) is 4.31. The van der Waals surface area contributed by atoms with Crippen LogP contribution >= 0.6 is 11.8 Å². The van der Waals surface area contributed by atoms with E-state index in [2.05, 4.69) is 5.32 Å². The van der Waals surface area contributed by atoms with E-state index in [0.29, 0.717) is 17.0 Å². The Kier molecular flexibility index (Phi) is 4.11. The van der Waals surface area contributed by atoms with E-state index in [1.807, 2.05) is 0 Å². The van der Waals surface area contributed by atoms with Gasteiger partial charge in [-0.15, -0.1) is 0 Å². The first kappa shape index (κ1) is 17.5. The molecule has 2 aliphatic heterocycles. The summed E-state index contributed by atoms with van der Waals surface area (Å²) in [4.78, 5) is 0.182. The average molecular weight is 401 g/mol. The van der Waals surface area contributed by atoms with Crippen LogP contribution in [0.3, 0.4) is 0 Å². The van der Waals surface area contributed by atoms with Gasteiger partial charge in [0.15, 0.2) is 15.6 Å². The molecule has 1 N–H and O–H groups in total. The largest absolute Gasteiger partial charge is 0.455 e. The Morgan fingerprint density at radius 1 is 1.15 bits per heavy atom. The van der Waals surface area contributed by atoms with Gasteiger partial charge in [-0.05, 0) is 30.3 Å². The van der Waals surface area contributed by atoms with Crippen molar-refractivity contribution in [3.05, 3.63) is 47.5 Å². The second-order valence-electron chi connectivity index (χ2n) is 6.17. The highest BCUT2D eigenvalue weighted by Crippen LogP contribution is 2.40. The maximum atomic E-state index is 12.9. The molecule has 0 saturated carbocycles. The minimum absolute atomic E-state index is 0.0898. The molecule has 0 spiro atoms. The number of thioether (sulfide) groups is 1. The summed E-state index contributed by atoms with van der Waals surface area (Å²) in [5, 5.41) is 3.19. The van der Waals surface area contributed by atoms with E-state index >= 15 is 0 Å². The number of sulfone groups is 1. The smallest absolute Gasteiger partial charge is 0.416 e. The number of fused-ring (bicyclic) bond motifs is 2. The molecule has 0 amide bonds. The molecular formula is C17H14F3NO3S2. The van der Waals surface area contributed by atoms with Crippen LogP contribution < -0.4 is 10.1 Å². The maximum absolute atomic E-state index is 12.9. The molecule has 2 heterocycles. The molecule has 1 fully saturated rings. The Bertz CT molecular complexity index is 970. The van der Waals surface area contributed by atoms with Gasteiger partial charge in [-0.25, -0.2) is 8.42 Å². The van der Waals surface area contributed by atoms with Crippen molar-refractivity contribution >= 4 is 27.3 Å². The zero-order chi connectivity index (χ0) is 18.5. The number of hydrogen-bond acceptors (Lipinski definition) is 5. The number of halogens is 3. The Morgan fingerprint density at radius 3 is 2.62 bits per heavy atom. The van der Waals surface area contributed by atoms with Gasteiger partial charge in [0.25, 0.3) is 0 Å². The van der Waals surface area contributed by atoms with E-state index in [9.17, 15) is 21.6 Å². The summed E-state index contributed by atoms with van der Waals surface area (Å²) >= 11 is 1.61. The normalized spacial score (nSPS) is 18.8. The zero-order valence-electron chi connectivity index (χ0n) is 13.3. The van der Waals surface area contributed by atoms with Gasteiger partial charge in [-0.1, -0.05) is 6.07 Å². The molecule has 26 heavy (non-hydrogen) atoms. The number of hydrogen-bond donors (Lipinski definition) is 1. The van der Waals surface area contributed by atoms with Crippen LogP contribution in [0.15, 0.2) is 41.3 Å². The van der Waals surface area contributed by atoms with Crippen LogP contribution in [0, 0.1) is 0 Å². The molecule has 0 radical (unpaired) electrons. The van der Waals surface area contributed by atoms with E-state index < -0.39 is 21.6 Å². The second kappa shape index (κ2) is 6.09. The monoisotopic (exact) mass is 401 g/mol. The third-order valence-electron chi connectivity index (χ3n) is 4.20. The number of anilines is 1. The Morgan fingerprint density at radius 2 is 1.92 bits per heavy atom. The van der Waals surface area contributed by atoms with Crippen molar-refractivity contribution < 1.29 is 26.3 Å². The highest BCUT2D eigenvalue weighted by Gasteiger charge is 2.32. The summed E-state index contributed by atoms with van der Waals surface area (Å²) in [5.74, 6) is 1.34. The summed E-state index contributed by atoms with van der Waals surface area (Å²) in [7, 11) is -3.40. The molecule has 1 unspecified atom stereocenters. The van der Waals surface area contributed by atoms with Gasteiger partial charge in [0.05, 0.1) is 21.9 Å². The van der Waals surface area contributed by atoms with Crippen molar-refractivity contribution in [2.45, 2.75) is 22.9 Å². The van der Waals surface area contributed by atoms with Crippen LogP contribution in [-0.2, 0) is 22.6 Å². The van der Waals surface area contributed by atoms with Crippen LogP contribution in [-0.4, -0.2) is 25.2 Å². The van der Waals surface area contributed by atoms with Crippen molar-refractivity contribution in [2.75, 3.05) is 16.8 Å². The third-order valence-corrected chi connectivity index (χ3v) is 7.20. The maximum Gasteiger partial charge on any atom is 0.416 e. The van der Waals surface area contributed by atoms with Crippen LogP contribution in [0.2, 0.25) is 0 Å². The van der Waals surface area contributed by atoms with E-state index in [1.165, 1.54) is 24.3 Å². The molecule has 2 aliphatic rings. The lowest BCUT2D eigenvalue weighted by atomic mass is 10.1. The Hall–Kier alpha value is -1.87. The van der Waals surface area contributed by atoms with E-state index in [1.54, 1.807) is 11.8 Å². The van der Waals surface area contributed by atoms with Crippen molar-refractivity contribution in [3.63, 3.8) is 0 Å². The van der Waals surface area contributed by atoms with Crippen molar-refractivity contribution in [2.24, 2.45) is 0 Å². The van der Waals surface area contributed by atoms with Crippen LogP contribution in [0.25, 0.3) is 0 Å². The van der Waals surface area contributed by atoms with Gasteiger partial charge >= 0.3 is 6.18 Å². The molecule has 0 aliphatic carbocycles. The number of benzene rings is 2. The van der Waals surface area contributed by atoms with Crippen molar-refractivity contribution in [3.8, 4) is 11.5 Å². The van der Waals surface area contributed by atoms with Crippen LogP contribution in [0.1, 0.15) is 11.1 Å². The van der Waals surface area contributed by atoms with E-state index in [4.69, 9.17) is 4.74 Å². The molecule has 0 bridgehead atoms. The molecule has 1 atom stereocenters. The summed E-state index contributed by atoms with van der Waals surface area (Å²) in [5.41, 5.74) is 0.216. The fourth-order valence-corrected chi connectivity index (χ4v) is 5.41. The average Bonchev–Trinajstić information content (AvgIpc) is 3.38. The summed E-state index contributed by atoms with van der Waals surface area (Å²) in [6.07, 6.45) is -4.46. The first-order chi connectivity index (χ1) is 12.2. The fraction of sp³-hybridized carbons (Fsp3) is 0.294. The van der Waals surface area contributed by atoms with Gasteiger partial charge in [-0.3, -0.25) is 0 Å². The highest BCUT2D eigenvalue weighted by molar-refractivity contribution is 8.08. The molecule has 4 rings (SSSR count). The van der Waals surface area contributed by atoms with Gasteiger partial charge in [0.1, 0.15) is 5.75 Å². The number of rotatable bonds is 3. The molecule has 9 heteroatoms. The Balaban J connectivity index is 1.66. The Labute approximate surface area is 152 Å². The third kappa shape index (κ3) is 3.50. The van der Waals surface area contributed by atoms with Crippen molar-refractivity contribution in [1.82, 2.24) is 0 Å². The lowest BCUT2D eigenvalue weighted by Gasteiger charge is -2.12. The number of nitrogens with one attached hydrogen (secondary N) is 1. The van der Waals surface area contributed by atoms with E-state index in [0.717, 1.165) is 17.9 Å². The minimum atomic E-state index is -4.46. The van der Waals surface area contributed by atoms with E-state index in [-0.39, 0.29) is 28.2 Å². The first-order valence-corrected chi connectivity index (χ1v) is 10.5. The fourth-order valence-electron chi connectivity index (χ4n) is 2.72.